The van der Waals surface area contributed by atoms with Crippen LogP contribution in [0, 0.1) is 16.0 Å². The minimum absolute atomic E-state index is 0.162. The number of methoxy groups -OCH3 is 1. The number of nitrogens with zero attached hydrogens (tertiary/aromatic N) is 2. The van der Waals surface area contributed by atoms with Crippen LogP contribution in [0.5, 0.6) is 5.75 Å². The number of cyclic esters (lactones) is 1. The standard InChI is InChI=1S/C21H22N2O5/c1-14(2)19-20(24)28-21(22-19,16-7-5-4-6-8-16)18(13-23(25)26)15-9-11-17(27-3)12-10-15/h4-12,14,18H,13H2,1-3H3. The largest absolute Gasteiger partial charge is 0.497 e. The van der Waals surface area contributed by atoms with Gasteiger partial charge in [0.15, 0.2) is 0 Å². The SMILES string of the molecule is COc1ccc(C(C[N+](=O)[O-])C2(c3ccccc3)N=C(C(C)C)C(=O)O2)cc1. The molecule has 0 N–H and O–H groups in total. The first-order valence-corrected chi connectivity index (χ1v) is 9.01. The lowest BCUT2D eigenvalue weighted by Gasteiger charge is -2.32. The highest BCUT2D eigenvalue weighted by atomic mass is 16.6. The molecule has 28 heavy (non-hydrogen) atoms. The van der Waals surface area contributed by atoms with Gasteiger partial charge >= 0.3 is 5.97 Å². The molecular formula is C21H22N2O5. The van der Waals surface area contributed by atoms with Gasteiger partial charge in [0, 0.05) is 16.4 Å². The van der Waals surface area contributed by atoms with Crippen molar-refractivity contribution in [3.05, 3.63) is 75.8 Å². The molecule has 0 radical (unpaired) electrons. The quantitative estimate of drug-likeness (QED) is 0.415. The van der Waals surface area contributed by atoms with Crippen LogP contribution in [0.15, 0.2) is 59.6 Å². The molecule has 2 aromatic rings. The van der Waals surface area contributed by atoms with Crippen molar-refractivity contribution >= 4 is 11.7 Å². The van der Waals surface area contributed by atoms with Crippen molar-refractivity contribution in [2.75, 3.05) is 13.7 Å². The Morgan fingerprint density at radius 2 is 1.79 bits per heavy atom. The predicted molar refractivity (Wildman–Crippen MR) is 104 cm³/mol. The van der Waals surface area contributed by atoms with Crippen molar-refractivity contribution in [2.24, 2.45) is 10.9 Å². The maximum absolute atomic E-state index is 12.6. The average Bonchev–Trinajstić information content (AvgIpc) is 3.05. The fourth-order valence-corrected chi connectivity index (χ4v) is 3.40. The van der Waals surface area contributed by atoms with E-state index in [0.717, 1.165) is 0 Å². The number of hydrogen-bond donors (Lipinski definition) is 0. The zero-order valence-electron chi connectivity index (χ0n) is 16.0. The van der Waals surface area contributed by atoms with Gasteiger partial charge in [-0.1, -0.05) is 56.3 Å². The lowest BCUT2D eigenvalue weighted by atomic mass is 9.83. The van der Waals surface area contributed by atoms with E-state index in [9.17, 15) is 14.9 Å². The van der Waals surface area contributed by atoms with E-state index < -0.39 is 29.1 Å². The lowest BCUT2D eigenvalue weighted by molar-refractivity contribution is -0.487. The molecule has 7 heteroatoms. The number of aliphatic imine (C=N–C) groups is 1. The van der Waals surface area contributed by atoms with Crippen molar-refractivity contribution in [3.8, 4) is 5.75 Å². The summed E-state index contributed by atoms with van der Waals surface area (Å²) in [5, 5.41) is 11.5. The molecule has 1 aliphatic heterocycles. The molecule has 0 aliphatic carbocycles. The summed E-state index contributed by atoms with van der Waals surface area (Å²) in [6.07, 6.45) is 0. The zero-order valence-corrected chi connectivity index (χ0v) is 16.0. The molecule has 1 heterocycles. The molecule has 0 aromatic heterocycles. The molecule has 0 amide bonds. The van der Waals surface area contributed by atoms with Crippen molar-refractivity contribution in [1.82, 2.24) is 0 Å². The number of hydrogen-bond acceptors (Lipinski definition) is 6. The Balaban J connectivity index is 2.20. The molecule has 1 aliphatic rings. The van der Waals surface area contributed by atoms with Gasteiger partial charge < -0.3 is 9.47 Å². The molecular weight excluding hydrogens is 360 g/mol. The molecule has 0 bridgehead atoms. The highest BCUT2D eigenvalue weighted by molar-refractivity contribution is 6.38. The van der Waals surface area contributed by atoms with E-state index in [1.807, 2.05) is 19.9 Å². The second-order valence-electron chi connectivity index (χ2n) is 6.94. The summed E-state index contributed by atoms with van der Waals surface area (Å²) >= 11 is 0. The van der Waals surface area contributed by atoms with Crippen LogP contribution in [0.25, 0.3) is 0 Å². The van der Waals surface area contributed by atoms with E-state index in [2.05, 4.69) is 4.99 Å². The van der Waals surface area contributed by atoms with Crippen molar-refractivity contribution in [2.45, 2.75) is 25.5 Å². The lowest BCUT2D eigenvalue weighted by Crippen LogP contribution is -2.37. The summed E-state index contributed by atoms with van der Waals surface area (Å²) in [5.41, 5.74) is 0.0369. The van der Waals surface area contributed by atoms with E-state index in [1.165, 1.54) is 0 Å². The van der Waals surface area contributed by atoms with Gasteiger partial charge in [0.2, 0.25) is 12.3 Å². The van der Waals surface area contributed by atoms with Gasteiger partial charge in [0.05, 0.1) is 7.11 Å². The molecule has 0 saturated heterocycles. The van der Waals surface area contributed by atoms with Crippen molar-refractivity contribution in [3.63, 3.8) is 0 Å². The second-order valence-corrected chi connectivity index (χ2v) is 6.94. The summed E-state index contributed by atoms with van der Waals surface area (Å²) < 4.78 is 11.0. The third kappa shape index (κ3) is 3.60. The van der Waals surface area contributed by atoms with Crippen LogP contribution in [0.3, 0.4) is 0 Å². The maximum Gasteiger partial charge on any atom is 0.355 e. The Bertz CT molecular complexity index is 893. The van der Waals surface area contributed by atoms with E-state index >= 15 is 0 Å². The van der Waals surface area contributed by atoms with Crippen LogP contribution < -0.4 is 4.74 Å². The highest BCUT2D eigenvalue weighted by Gasteiger charge is 2.52. The second kappa shape index (κ2) is 7.80. The Morgan fingerprint density at radius 3 is 2.29 bits per heavy atom. The number of carbonyl (C=O) groups is 1. The summed E-state index contributed by atoms with van der Waals surface area (Å²) in [5.74, 6) is -0.867. The molecule has 3 rings (SSSR count). The van der Waals surface area contributed by atoms with Gasteiger partial charge in [-0.3, -0.25) is 10.1 Å². The Hall–Kier alpha value is -3.22. The first-order valence-electron chi connectivity index (χ1n) is 9.01. The maximum atomic E-state index is 12.6. The molecule has 2 unspecified atom stereocenters. The summed E-state index contributed by atoms with van der Waals surface area (Å²) in [4.78, 5) is 28.4. The summed E-state index contributed by atoms with van der Waals surface area (Å²) in [6, 6.07) is 15.9. The van der Waals surface area contributed by atoms with Crippen LogP contribution in [-0.4, -0.2) is 30.3 Å². The molecule has 7 nitrogen and oxygen atoms in total. The minimum Gasteiger partial charge on any atom is -0.497 e. The number of carbonyl (C=O) groups excluding carboxylic acids is 1. The Labute approximate surface area is 163 Å². The van der Waals surface area contributed by atoms with Gasteiger partial charge in [0.1, 0.15) is 17.4 Å². The van der Waals surface area contributed by atoms with Gasteiger partial charge in [-0.05, 0) is 17.7 Å². The Kier molecular flexibility index (Phi) is 5.44. The molecule has 0 fully saturated rings. The van der Waals surface area contributed by atoms with E-state index in [0.29, 0.717) is 16.9 Å². The number of nitro groups is 1. The highest BCUT2D eigenvalue weighted by Crippen LogP contribution is 2.45. The van der Waals surface area contributed by atoms with E-state index in [-0.39, 0.29) is 11.6 Å². The number of rotatable bonds is 7. The van der Waals surface area contributed by atoms with Crippen LogP contribution in [0.2, 0.25) is 0 Å². The van der Waals surface area contributed by atoms with Crippen molar-refractivity contribution < 1.29 is 19.2 Å². The van der Waals surface area contributed by atoms with Gasteiger partial charge in [0.25, 0.3) is 0 Å². The smallest absolute Gasteiger partial charge is 0.355 e. The monoisotopic (exact) mass is 382 g/mol. The summed E-state index contributed by atoms with van der Waals surface area (Å²) in [7, 11) is 1.55. The molecule has 146 valence electrons. The van der Waals surface area contributed by atoms with E-state index in [1.54, 1.807) is 55.6 Å². The van der Waals surface area contributed by atoms with Crippen LogP contribution in [0.4, 0.5) is 0 Å². The third-order valence-corrected chi connectivity index (χ3v) is 4.80. The number of benzene rings is 2. The topological polar surface area (TPSA) is 91.0 Å². The number of esters is 1. The summed E-state index contributed by atoms with van der Waals surface area (Å²) in [6.45, 7) is 3.25. The first-order chi connectivity index (χ1) is 13.4. The zero-order chi connectivity index (χ0) is 20.3. The molecule has 2 aromatic carbocycles. The van der Waals surface area contributed by atoms with Gasteiger partial charge in [-0.25, -0.2) is 9.79 Å². The van der Waals surface area contributed by atoms with Gasteiger partial charge in [-0.2, -0.15) is 0 Å². The first kappa shape index (κ1) is 19.5. The predicted octanol–water partition coefficient (Wildman–Crippen LogP) is 3.56. The fourth-order valence-electron chi connectivity index (χ4n) is 3.40. The van der Waals surface area contributed by atoms with Crippen molar-refractivity contribution in [1.29, 1.82) is 0 Å². The van der Waals surface area contributed by atoms with Gasteiger partial charge in [-0.15, -0.1) is 0 Å². The average molecular weight is 382 g/mol. The van der Waals surface area contributed by atoms with Crippen LogP contribution in [-0.2, 0) is 15.3 Å². The third-order valence-electron chi connectivity index (χ3n) is 4.80. The molecule has 0 saturated carbocycles. The van der Waals surface area contributed by atoms with Crippen LogP contribution >= 0.6 is 0 Å². The normalized spacial score (nSPS) is 19.9. The minimum atomic E-state index is -1.49. The van der Waals surface area contributed by atoms with E-state index in [4.69, 9.17) is 9.47 Å². The number of ether oxygens (including phenoxy) is 2. The van der Waals surface area contributed by atoms with Crippen LogP contribution in [0.1, 0.15) is 30.9 Å². The molecule has 2 atom stereocenters. The molecule has 0 spiro atoms. The Morgan fingerprint density at radius 1 is 1.14 bits per heavy atom. The fraction of sp³-hybridized carbons (Fsp3) is 0.333.